The van der Waals surface area contributed by atoms with E-state index in [1.165, 1.54) is 15.6 Å². The van der Waals surface area contributed by atoms with Gasteiger partial charge in [0.2, 0.25) is 5.91 Å². The number of thiophene rings is 1. The van der Waals surface area contributed by atoms with Gasteiger partial charge < -0.3 is 9.64 Å². The highest BCUT2D eigenvalue weighted by atomic mass is 32.2. The molecule has 0 N–H and O–H groups in total. The van der Waals surface area contributed by atoms with E-state index in [2.05, 4.69) is 0 Å². The van der Waals surface area contributed by atoms with Crippen molar-refractivity contribution in [2.45, 2.75) is 17.1 Å². The van der Waals surface area contributed by atoms with Crippen molar-refractivity contribution in [2.75, 3.05) is 39.4 Å². The standard InChI is InChI=1S/C14H20N2O4S2/c17-14(15-6-8-20-9-7-15)12-3-1-5-16(11-12)22(18,19)13-4-2-10-21-13/h2,4,10,12H,1,3,5-9,11H2/t12-/m1/s1. The Morgan fingerprint density at radius 2 is 2.05 bits per heavy atom. The molecule has 0 spiro atoms. The van der Waals surface area contributed by atoms with Gasteiger partial charge in [0.05, 0.1) is 19.1 Å². The Bertz CT molecular complexity index is 609. The molecule has 8 heteroatoms. The maximum atomic E-state index is 12.6. The van der Waals surface area contributed by atoms with Crippen molar-refractivity contribution >= 4 is 27.3 Å². The number of hydrogen-bond donors (Lipinski definition) is 0. The van der Waals surface area contributed by atoms with Crippen LogP contribution < -0.4 is 0 Å². The Morgan fingerprint density at radius 1 is 1.27 bits per heavy atom. The molecule has 2 fully saturated rings. The SMILES string of the molecule is O=C([C@@H]1CCCN(S(=O)(=O)c2cccs2)C1)N1CCOCC1. The van der Waals surface area contributed by atoms with Gasteiger partial charge in [0.25, 0.3) is 10.0 Å². The van der Waals surface area contributed by atoms with Crippen LogP contribution in [-0.2, 0) is 19.6 Å². The number of hydrogen-bond acceptors (Lipinski definition) is 5. The largest absolute Gasteiger partial charge is 0.378 e. The number of piperidine rings is 1. The van der Waals surface area contributed by atoms with Gasteiger partial charge in [-0.2, -0.15) is 4.31 Å². The van der Waals surface area contributed by atoms with Gasteiger partial charge in [0, 0.05) is 26.2 Å². The molecular weight excluding hydrogens is 324 g/mol. The fraction of sp³-hybridized carbons (Fsp3) is 0.643. The molecule has 2 aliphatic rings. The number of ether oxygens (including phenoxy) is 1. The fourth-order valence-electron chi connectivity index (χ4n) is 2.94. The zero-order valence-electron chi connectivity index (χ0n) is 12.3. The van der Waals surface area contributed by atoms with Gasteiger partial charge in [-0.05, 0) is 24.3 Å². The van der Waals surface area contributed by atoms with Gasteiger partial charge in [0.1, 0.15) is 4.21 Å². The second-order valence-electron chi connectivity index (χ2n) is 5.57. The van der Waals surface area contributed by atoms with Crippen molar-refractivity contribution in [1.82, 2.24) is 9.21 Å². The number of sulfonamides is 1. The molecule has 2 aliphatic heterocycles. The van der Waals surface area contributed by atoms with Crippen LogP contribution in [-0.4, -0.2) is 62.9 Å². The lowest BCUT2D eigenvalue weighted by Gasteiger charge is -2.35. The van der Waals surface area contributed by atoms with Gasteiger partial charge in [-0.3, -0.25) is 4.79 Å². The first-order valence-corrected chi connectivity index (χ1v) is 9.81. The Balaban J connectivity index is 1.70. The first-order valence-electron chi connectivity index (χ1n) is 7.49. The topological polar surface area (TPSA) is 66.9 Å². The van der Waals surface area contributed by atoms with Crippen molar-refractivity contribution in [2.24, 2.45) is 5.92 Å². The maximum Gasteiger partial charge on any atom is 0.252 e. The summed E-state index contributed by atoms with van der Waals surface area (Å²) in [6.07, 6.45) is 1.48. The molecule has 0 radical (unpaired) electrons. The molecular formula is C14H20N2O4S2. The molecule has 3 rings (SSSR count). The summed E-state index contributed by atoms with van der Waals surface area (Å²) >= 11 is 1.22. The third kappa shape index (κ3) is 3.19. The molecule has 6 nitrogen and oxygen atoms in total. The van der Waals surface area contributed by atoms with Crippen LogP contribution in [0, 0.1) is 5.92 Å². The highest BCUT2D eigenvalue weighted by Crippen LogP contribution is 2.27. The molecule has 1 amide bonds. The second-order valence-corrected chi connectivity index (χ2v) is 8.68. The maximum absolute atomic E-state index is 12.6. The molecule has 22 heavy (non-hydrogen) atoms. The zero-order valence-corrected chi connectivity index (χ0v) is 13.9. The van der Waals surface area contributed by atoms with E-state index in [0.29, 0.717) is 37.1 Å². The minimum atomic E-state index is -3.46. The molecule has 0 saturated carbocycles. The zero-order chi connectivity index (χ0) is 15.6. The molecule has 0 aliphatic carbocycles. The Morgan fingerprint density at radius 3 is 2.73 bits per heavy atom. The molecule has 1 aromatic heterocycles. The predicted molar refractivity (Wildman–Crippen MR) is 83.2 cm³/mol. The minimum absolute atomic E-state index is 0.0642. The van der Waals surface area contributed by atoms with E-state index in [-0.39, 0.29) is 18.4 Å². The summed E-state index contributed by atoms with van der Waals surface area (Å²) in [6, 6.07) is 3.35. The van der Waals surface area contributed by atoms with Gasteiger partial charge in [0.15, 0.2) is 0 Å². The lowest BCUT2D eigenvalue weighted by atomic mass is 9.98. The van der Waals surface area contributed by atoms with Crippen molar-refractivity contribution in [1.29, 1.82) is 0 Å². The van der Waals surface area contributed by atoms with E-state index in [4.69, 9.17) is 4.74 Å². The summed E-state index contributed by atoms with van der Waals surface area (Å²) in [7, 11) is -3.46. The van der Waals surface area contributed by atoms with Crippen LogP contribution in [0.4, 0.5) is 0 Å². The van der Waals surface area contributed by atoms with E-state index in [1.807, 2.05) is 0 Å². The second kappa shape index (κ2) is 6.66. The summed E-state index contributed by atoms with van der Waals surface area (Å²) in [4.78, 5) is 14.4. The quantitative estimate of drug-likeness (QED) is 0.821. The molecule has 122 valence electrons. The van der Waals surface area contributed by atoms with Crippen LogP contribution in [0.5, 0.6) is 0 Å². The van der Waals surface area contributed by atoms with Crippen LogP contribution in [0.1, 0.15) is 12.8 Å². The molecule has 0 aromatic carbocycles. The van der Waals surface area contributed by atoms with Gasteiger partial charge in [-0.1, -0.05) is 6.07 Å². The van der Waals surface area contributed by atoms with E-state index < -0.39 is 10.0 Å². The number of amides is 1. The van der Waals surface area contributed by atoms with E-state index in [0.717, 1.165) is 12.8 Å². The Hall–Kier alpha value is -0.960. The predicted octanol–water partition coefficient (Wildman–Crippen LogP) is 1.01. The van der Waals surface area contributed by atoms with E-state index in [9.17, 15) is 13.2 Å². The molecule has 1 atom stereocenters. The number of carbonyl (C=O) groups is 1. The van der Waals surface area contributed by atoms with Crippen LogP contribution in [0.3, 0.4) is 0 Å². The summed E-state index contributed by atoms with van der Waals surface area (Å²) in [5.74, 6) is -0.170. The molecule has 2 saturated heterocycles. The third-order valence-corrected chi connectivity index (χ3v) is 7.38. The van der Waals surface area contributed by atoms with Crippen LogP contribution in [0.15, 0.2) is 21.7 Å². The van der Waals surface area contributed by atoms with E-state index in [1.54, 1.807) is 22.4 Å². The summed E-state index contributed by atoms with van der Waals surface area (Å²) in [5.41, 5.74) is 0. The highest BCUT2D eigenvalue weighted by Gasteiger charge is 2.35. The molecule has 0 bridgehead atoms. The fourth-order valence-corrected chi connectivity index (χ4v) is 5.61. The van der Waals surface area contributed by atoms with Gasteiger partial charge in [-0.15, -0.1) is 11.3 Å². The molecule has 0 unspecified atom stereocenters. The number of morpholine rings is 1. The van der Waals surface area contributed by atoms with Crippen molar-refractivity contribution in [3.63, 3.8) is 0 Å². The first-order chi connectivity index (χ1) is 10.6. The summed E-state index contributed by atoms with van der Waals surface area (Å²) in [6.45, 7) is 3.12. The van der Waals surface area contributed by atoms with E-state index >= 15 is 0 Å². The van der Waals surface area contributed by atoms with Crippen LogP contribution >= 0.6 is 11.3 Å². The lowest BCUT2D eigenvalue weighted by Crippen LogP contribution is -2.49. The highest BCUT2D eigenvalue weighted by molar-refractivity contribution is 7.91. The number of nitrogens with zero attached hydrogens (tertiary/aromatic N) is 2. The minimum Gasteiger partial charge on any atom is -0.378 e. The number of carbonyl (C=O) groups excluding carboxylic acids is 1. The smallest absolute Gasteiger partial charge is 0.252 e. The monoisotopic (exact) mass is 344 g/mol. The molecule has 3 heterocycles. The first kappa shape index (κ1) is 15.9. The third-order valence-electron chi connectivity index (χ3n) is 4.15. The average Bonchev–Trinajstić information content (AvgIpc) is 3.10. The van der Waals surface area contributed by atoms with Crippen molar-refractivity contribution in [3.05, 3.63) is 17.5 Å². The Labute approximate surface area is 134 Å². The average molecular weight is 344 g/mol. The summed E-state index contributed by atoms with van der Waals surface area (Å²) in [5, 5.41) is 1.76. The van der Waals surface area contributed by atoms with Gasteiger partial charge >= 0.3 is 0 Å². The van der Waals surface area contributed by atoms with Crippen LogP contribution in [0.25, 0.3) is 0 Å². The molecule has 1 aromatic rings. The van der Waals surface area contributed by atoms with Crippen molar-refractivity contribution < 1.29 is 17.9 Å². The van der Waals surface area contributed by atoms with Gasteiger partial charge in [-0.25, -0.2) is 8.42 Å². The normalized spacial score (nSPS) is 24.4. The summed E-state index contributed by atoms with van der Waals surface area (Å²) < 4.78 is 32.2. The van der Waals surface area contributed by atoms with Crippen LogP contribution in [0.2, 0.25) is 0 Å². The van der Waals surface area contributed by atoms with Crippen molar-refractivity contribution in [3.8, 4) is 0 Å². The Kier molecular flexibility index (Phi) is 4.82. The lowest BCUT2D eigenvalue weighted by molar-refractivity contribution is -0.140. The number of rotatable bonds is 3.